The van der Waals surface area contributed by atoms with E-state index in [1.54, 1.807) is 11.3 Å². The zero-order valence-corrected chi connectivity index (χ0v) is 12.4. The van der Waals surface area contributed by atoms with Crippen LogP contribution in [0.25, 0.3) is 33.3 Å². The topological polar surface area (TPSA) is 28.7 Å². The predicted molar refractivity (Wildman–Crippen MR) is 89.6 cm³/mol. The van der Waals surface area contributed by atoms with Gasteiger partial charge in [-0.3, -0.25) is 0 Å². The molecule has 0 aliphatic carbocycles. The van der Waals surface area contributed by atoms with Crippen molar-refractivity contribution in [3.05, 3.63) is 65.1 Å². The molecule has 4 rings (SSSR count). The summed E-state index contributed by atoms with van der Waals surface area (Å²) >= 11 is 1.71. The Hall–Kier alpha value is -2.39. The molecule has 0 saturated heterocycles. The quantitative estimate of drug-likeness (QED) is 0.535. The Morgan fingerprint density at radius 1 is 1.05 bits per heavy atom. The van der Waals surface area contributed by atoms with E-state index >= 15 is 0 Å². The molecule has 0 aliphatic heterocycles. The lowest BCUT2D eigenvalue weighted by molar-refractivity contribution is 1.33. The van der Waals surface area contributed by atoms with Crippen molar-refractivity contribution in [2.45, 2.75) is 6.92 Å². The van der Waals surface area contributed by atoms with Crippen LogP contribution in [0, 0.1) is 6.92 Å². The number of benzene rings is 1. The van der Waals surface area contributed by atoms with Gasteiger partial charge >= 0.3 is 0 Å². The Labute approximate surface area is 127 Å². The van der Waals surface area contributed by atoms with E-state index in [1.807, 2.05) is 6.20 Å². The lowest BCUT2D eigenvalue weighted by Gasteiger charge is -2.04. The second-order valence-electron chi connectivity index (χ2n) is 5.15. The molecule has 2 nitrogen and oxygen atoms in total. The smallest absolute Gasteiger partial charge is 0.137 e. The fraction of sp³-hybridized carbons (Fsp3) is 0.0556. The summed E-state index contributed by atoms with van der Waals surface area (Å²) in [6, 6.07) is 12.8. The summed E-state index contributed by atoms with van der Waals surface area (Å²) in [5, 5.41) is 5.43. The monoisotopic (exact) mass is 290 g/mol. The standard InChI is InChI=1S/C18H14N2S/c1-12-4-2-3-5-15(12)17-10-20-18-16(17)8-14(9-19-18)13-6-7-21-11-13/h2-11H,1H3,(H,19,20). The first-order valence-electron chi connectivity index (χ1n) is 6.88. The second kappa shape index (κ2) is 4.86. The van der Waals surface area contributed by atoms with Crippen molar-refractivity contribution in [3.8, 4) is 22.3 Å². The summed E-state index contributed by atoms with van der Waals surface area (Å²) < 4.78 is 0. The highest BCUT2D eigenvalue weighted by Crippen LogP contribution is 2.32. The van der Waals surface area contributed by atoms with Crippen molar-refractivity contribution in [1.29, 1.82) is 0 Å². The molecule has 0 radical (unpaired) electrons. The van der Waals surface area contributed by atoms with Gasteiger partial charge in [0.25, 0.3) is 0 Å². The minimum atomic E-state index is 0.937. The molecule has 3 heteroatoms. The summed E-state index contributed by atoms with van der Waals surface area (Å²) in [7, 11) is 0. The van der Waals surface area contributed by atoms with Crippen LogP contribution in [-0.4, -0.2) is 9.97 Å². The van der Waals surface area contributed by atoms with Crippen molar-refractivity contribution in [3.63, 3.8) is 0 Å². The van der Waals surface area contributed by atoms with E-state index in [-0.39, 0.29) is 0 Å². The predicted octanol–water partition coefficient (Wildman–Crippen LogP) is 5.27. The Kier molecular flexibility index (Phi) is 2.86. The van der Waals surface area contributed by atoms with E-state index in [1.165, 1.54) is 27.6 Å². The van der Waals surface area contributed by atoms with Crippen LogP contribution in [0.3, 0.4) is 0 Å². The van der Waals surface area contributed by atoms with Gasteiger partial charge in [-0.2, -0.15) is 11.3 Å². The van der Waals surface area contributed by atoms with Crippen LogP contribution in [0.1, 0.15) is 5.56 Å². The first kappa shape index (κ1) is 12.4. The number of fused-ring (bicyclic) bond motifs is 1. The van der Waals surface area contributed by atoms with Crippen molar-refractivity contribution in [2.24, 2.45) is 0 Å². The number of aromatic amines is 1. The number of thiophene rings is 1. The second-order valence-corrected chi connectivity index (χ2v) is 5.93. The molecule has 4 aromatic rings. The Morgan fingerprint density at radius 3 is 2.76 bits per heavy atom. The van der Waals surface area contributed by atoms with Crippen LogP contribution in [0.4, 0.5) is 0 Å². The highest BCUT2D eigenvalue weighted by Gasteiger charge is 2.10. The van der Waals surface area contributed by atoms with Crippen LogP contribution in [-0.2, 0) is 0 Å². The normalized spacial score (nSPS) is 11.1. The van der Waals surface area contributed by atoms with E-state index in [4.69, 9.17) is 0 Å². The average Bonchev–Trinajstić information content (AvgIpc) is 3.17. The molecular formula is C18H14N2S. The van der Waals surface area contributed by atoms with E-state index in [9.17, 15) is 0 Å². The third kappa shape index (κ3) is 2.06. The maximum Gasteiger partial charge on any atom is 0.137 e. The highest BCUT2D eigenvalue weighted by atomic mass is 32.1. The van der Waals surface area contributed by atoms with Crippen molar-refractivity contribution in [2.75, 3.05) is 0 Å². The summed E-state index contributed by atoms with van der Waals surface area (Å²) in [6.07, 6.45) is 3.99. The number of hydrogen-bond donors (Lipinski definition) is 1. The van der Waals surface area contributed by atoms with E-state index < -0.39 is 0 Å². The molecule has 3 heterocycles. The third-order valence-electron chi connectivity index (χ3n) is 3.82. The minimum Gasteiger partial charge on any atom is -0.346 e. The summed E-state index contributed by atoms with van der Waals surface area (Å²) in [6.45, 7) is 2.14. The first-order valence-corrected chi connectivity index (χ1v) is 7.83. The van der Waals surface area contributed by atoms with Crippen molar-refractivity contribution >= 4 is 22.4 Å². The van der Waals surface area contributed by atoms with Crippen LogP contribution in [0.5, 0.6) is 0 Å². The number of hydrogen-bond acceptors (Lipinski definition) is 2. The Morgan fingerprint density at radius 2 is 1.95 bits per heavy atom. The Bertz CT molecular complexity index is 904. The number of nitrogens with one attached hydrogen (secondary N) is 1. The molecule has 0 bridgehead atoms. The SMILES string of the molecule is Cc1ccccc1-c1c[nH]c2ncc(-c3ccsc3)cc12. The molecule has 0 amide bonds. The highest BCUT2D eigenvalue weighted by molar-refractivity contribution is 7.08. The lowest BCUT2D eigenvalue weighted by atomic mass is 10.00. The zero-order chi connectivity index (χ0) is 14.2. The summed E-state index contributed by atoms with van der Waals surface area (Å²) in [5.41, 5.74) is 7.08. The largest absolute Gasteiger partial charge is 0.346 e. The zero-order valence-electron chi connectivity index (χ0n) is 11.6. The van der Waals surface area contributed by atoms with Crippen molar-refractivity contribution in [1.82, 2.24) is 9.97 Å². The molecule has 0 aliphatic rings. The van der Waals surface area contributed by atoms with Crippen molar-refractivity contribution < 1.29 is 0 Å². The van der Waals surface area contributed by atoms with Gasteiger partial charge in [-0.25, -0.2) is 4.98 Å². The molecule has 0 atom stereocenters. The number of H-pyrrole nitrogens is 1. The first-order chi connectivity index (χ1) is 10.3. The molecule has 1 aromatic carbocycles. The molecule has 3 aromatic heterocycles. The molecular weight excluding hydrogens is 276 g/mol. The maximum atomic E-state index is 4.56. The van der Waals surface area contributed by atoms with Crippen LogP contribution < -0.4 is 0 Å². The van der Waals surface area contributed by atoms with E-state index in [0.29, 0.717) is 0 Å². The van der Waals surface area contributed by atoms with Crippen LogP contribution in [0.15, 0.2) is 59.6 Å². The van der Waals surface area contributed by atoms with Gasteiger partial charge in [0.15, 0.2) is 0 Å². The molecule has 21 heavy (non-hydrogen) atoms. The van der Waals surface area contributed by atoms with Gasteiger partial charge in [-0.15, -0.1) is 0 Å². The van der Waals surface area contributed by atoms with Gasteiger partial charge in [0, 0.05) is 28.9 Å². The minimum absolute atomic E-state index is 0.937. The van der Waals surface area contributed by atoms with Crippen LogP contribution >= 0.6 is 11.3 Å². The molecule has 0 saturated carbocycles. The van der Waals surface area contributed by atoms with Gasteiger partial charge in [-0.1, -0.05) is 24.3 Å². The van der Waals surface area contributed by atoms with E-state index in [2.05, 4.69) is 70.2 Å². The van der Waals surface area contributed by atoms with Gasteiger partial charge in [0.05, 0.1) is 0 Å². The van der Waals surface area contributed by atoms with Gasteiger partial charge in [0.1, 0.15) is 5.65 Å². The fourth-order valence-corrected chi connectivity index (χ4v) is 3.35. The average molecular weight is 290 g/mol. The molecule has 0 fully saturated rings. The van der Waals surface area contributed by atoms with Gasteiger partial charge in [-0.05, 0) is 46.5 Å². The molecule has 0 spiro atoms. The number of aromatic nitrogens is 2. The summed E-state index contributed by atoms with van der Waals surface area (Å²) in [4.78, 5) is 7.84. The molecule has 102 valence electrons. The number of nitrogens with zero attached hydrogens (tertiary/aromatic N) is 1. The lowest BCUT2D eigenvalue weighted by Crippen LogP contribution is -1.83. The number of pyridine rings is 1. The third-order valence-corrected chi connectivity index (χ3v) is 4.50. The molecule has 1 N–H and O–H groups in total. The number of rotatable bonds is 2. The number of aryl methyl sites for hydroxylation is 1. The fourth-order valence-electron chi connectivity index (χ4n) is 2.69. The summed E-state index contributed by atoms with van der Waals surface area (Å²) in [5.74, 6) is 0. The Balaban J connectivity index is 1.95. The van der Waals surface area contributed by atoms with Gasteiger partial charge < -0.3 is 4.98 Å². The van der Waals surface area contributed by atoms with Crippen LogP contribution in [0.2, 0.25) is 0 Å². The molecule has 0 unspecified atom stereocenters. The maximum absolute atomic E-state index is 4.56. The van der Waals surface area contributed by atoms with E-state index in [0.717, 1.165) is 11.2 Å². The van der Waals surface area contributed by atoms with Gasteiger partial charge in [0.2, 0.25) is 0 Å².